The fourth-order valence-corrected chi connectivity index (χ4v) is 1.76. The van der Waals surface area contributed by atoms with Crippen LogP contribution in [0.15, 0.2) is 18.2 Å². The lowest BCUT2D eigenvalue weighted by molar-refractivity contribution is -0.117. The van der Waals surface area contributed by atoms with Gasteiger partial charge < -0.3 is 14.8 Å². The first-order valence-corrected chi connectivity index (χ1v) is 7.36. The lowest BCUT2D eigenvalue weighted by atomic mass is 10.2. The third kappa shape index (κ3) is 5.31. The maximum atomic E-state index is 11.8. The molecule has 4 nitrogen and oxygen atoms in total. The van der Waals surface area contributed by atoms with Crippen molar-refractivity contribution in [2.24, 2.45) is 0 Å². The van der Waals surface area contributed by atoms with Crippen molar-refractivity contribution in [2.45, 2.75) is 31.2 Å². The number of amides is 1. The first-order valence-electron chi connectivity index (χ1n) is 6.19. The maximum absolute atomic E-state index is 11.8. The van der Waals surface area contributed by atoms with Crippen LogP contribution in [0.3, 0.4) is 0 Å². The Balaban J connectivity index is 2.75. The number of ether oxygens (including phenoxy) is 2. The molecule has 1 aromatic carbocycles. The summed E-state index contributed by atoms with van der Waals surface area (Å²) in [5.74, 6) is 0.419. The molecular formula is C14H19BrClNO3. The SMILES string of the molecule is COC[C@@H](C)Oc1ccc(NC(=O)C(C)(C)Br)cc1Cl. The van der Waals surface area contributed by atoms with Crippen LogP contribution >= 0.6 is 27.5 Å². The number of carbonyl (C=O) groups is 1. The van der Waals surface area contributed by atoms with Gasteiger partial charge in [-0.15, -0.1) is 0 Å². The number of halogens is 2. The lowest BCUT2D eigenvalue weighted by Gasteiger charge is -2.18. The van der Waals surface area contributed by atoms with Crippen LogP contribution in [0.5, 0.6) is 5.75 Å². The first-order chi connectivity index (χ1) is 9.24. The predicted octanol–water partition coefficient (Wildman–Crippen LogP) is 3.87. The van der Waals surface area contributed by atoms with Crippen LogP contribution in [0.1, 0.15) is 20.8 Å². The molecule has 0 fully saturated rings. The zero-order chi connectivity index (χ0) is 15.3. The number of hydrogen-bond donors (Lipinski definition) is 1. The van der Waals surface area contributed by atoms with E-state index >= 15 is 0 Å². The predicted molar refractivity (Wildman–Crippen MR) is 85.1 cm³/mol. The lowest BCUT2D eigenvalue weighted by Crippen LogP contribution is -2.30. The van der Waals surface area contributed by atoms with Crippen LogP contribution in [-0.4, -0.2) is 30.1 Å². The topological polar surface area (TPSA) is 47.6 Å². The minimum Gasteiger partial charge on any atom is -0.487 e. The van der Waals surface area contributed by atoms with Gasteiger partial charge >= 0.3 is 0 Å². The smallest absolute Gasteiger partial charge is 0.240 e. The molecule has 0 bridgehead atoms. The Bertz CT molecular complexity index is 474. The molecule has 0 aliphatic heterocycles. The highest BCUT2D eigenvalue weighted by molar-refractivity contribution is 9.10. The van der Waals surface area contributed by atoms with Crippen molar-refractivity contribution < 1.29 is 14.3 Å². The third-order valence-corrected chi connectivity index (χ3v) is 3.11. The number of rotatable bonds is 6. The molecule has 20 heavy (non-hydrogen) atoms. The molecule has 112 valence electrons. The van der Waals surface area contributed by atoms with Gasteiger partial charge in [-0.2, -0.15) is 0 Å². The highest BCUT2D eigenvalue weighted by Gasteiger charge is 2.23. The summed E-state index contributed by atoms with van der Waals surface area (Å²) in [5.41, 5.74) is 0.624. The molecule has 1 rings (SSSR count). The molecule has 0 aromatic heterocycles. The van der Waals surface area contributed by atoms with Gasteiger partial charge in [-0.3, -0.25) is 4.79 Å². The number of nitrogens with one attached hydrogen (secondary N) is 1. The molecule has 0 radical (unpaired) electrons. The summed E-state index contributed by atoms with van der Waals surface area (Å²) in [4.78, 5) is 11.8. The summed E-state index contributed by atoms with van der Waals surface area (Å²) >= 11 is 9.44. The molecular weight excluding hydrogens is 346 g/mol. The van der Waals surface area contributed by atoms with Crippen LogP contribution < -0.4 is 10.1 Å². The van der Waals surface area contributed by atoms with E-state index in [9.17, 15) is 4.79 Å². The molecule has 6 heteroatoms. The Hall–Kier alpha value is -0.780. The fourth-order valence-electron chi connectivity index (χ4n) is 1.44. The van der Waals surface area contributed by atoms with Crippen LogP contribution in [0, 0.1) is 0 Å². The van der Waals surface area contributed by atoms with Gasteiger partial charge in [0.2, 0.25) is 5.91 Å². The minimum absolute atomic E-state index is 0.0978. The Kier molecular flexibility index (Phi) is 6.30. The summed E-state index contributed by atoms with van der Waals surface area (Å²) < 4.78 is 10.00. The summed E-state index contributed by atoms with van der Waals surface area (Å²) in [6.07, 6.45) is -0.0978. The molecule has 0 saturated heterocycles. The van der Waals surface area contributed by atoms with E-state index in [0.717, 1.165) is 0 Å². The van der Waals surface area contributed by atoms with Gasteiger partial charge in [0, 0.05) is 12.8 Å². The van der Waals surface area contributed by atoms with Gasteiger partial charge in [-0.1, -0.05) is 27.5 Å². The number of carbonyl (C=O) groups excluding carboxylic acids is 1. The van der Waals surface area contributed by atoms with Gasteiger partial charge in [0.25, 0.3) is 0 Å². The highest BCUT2D eigenvalue weighted by atomic mass is 79.9. The van der Waals surface area contributed by atoms with Crippen LogP contribution in [0.25, 0.3) is 0 Å². The summed E-state index contributed by atoms with van der Waals surface area (Å²) in [6, 6.07) is 5.13. The van der Waals surface area contributed by atoms with Gasteiger partial charge in [0.1, 0.15) is 11.9 Å². The highest BCUT2D eigenvalue weighted by Crippen LogP contribution is 2.29. The second-order valence-corrected chi connectivity index (χ2v) is 7.35. The standard InChI is InChI=1S/C14H19BrClNO3/c1-9(8-19-4)20-12-6-5-10(7-11(12)16)17-13(18)14(2,3)15/h5-7,9H,8H2,1-4H3,(H,17,18)/t9-/m1/s1. The number of benzene rings is 1. The van der Waals surface area contributed by atoms with E-state index in [2.05, 4.69) is 21.2 Å². The second-order valence-electron chi connectivity index (χ2n) is 4.96. The quantitative estimate of drug-likeness (QED) is 0.780. The van der Waals surface area contributed by atoms with Crippen molar-refractivity contribution in [1.82, 2.24) is 0 Å². The maximum Gasteiger partial charge on any atom is 0.240 e. The van der Waals surface area contributed by atoms with E-state index < -0.39 is 4.32 Å². The van der Waals surface area contributed by atoms with E-state index in [-0.39, 0.29) is 12.0 Å². The Labute approximate surface area is 132 Å². The van der Waals surface area contributed by atoms with Crippen molar-refractivity contribution in [3.63, 3.8) is 0 Å². The van der Waals surface area contributed by atoms with Gasteiger partial charge in [0.05, 0.1) is 16.0 Å². The van der Waals surface area contributed by atoms with E-state index in [1.165, 1.54) is 0 Å². The van der Waals surface area contributed by atoms with Crippen molar-refractivity contribution in [1.29, 1.82) is 0 Å². The van der Waals surface area contributed by atoms with Crippen molar-refractivity contribution in [2.75, 3.05) is 19.0 Å². The number of methoxy groups -OCH3 is 1. The Morgan fingerprint density at radius 2 is 2.15 bits per heavy atom. The van der Waals surface area contributed by atoms with Crippen LogP contribution in [-0.2, 0) is 9.53 Å². The van der Waals surface area contributed by atoms with Crippen LogP contribution in [0.4, 0.5) is 5.69 Å². The van der Waals surface area contributed by atoms with Crippen molar-refractivity contribution in [3.8, 4) is 5.75 Å². The zero-order valence-electron chi connectivity index (χ0n) is 12.0. The monoisotopic (exact) mass is 363 g/mol. The molecule has 0 unspecified atom stereocenters. The first kappa shape index (κ1) is 17.3. The fraction of sp³-hybridized carbons (Fsp3) is 0.500. The molecule has 1 aromatic rings. The summed E-state index contributed by atoms with van der Waals surface area (Å²) in [7, 11) is 1.61. The average molecular weight is 365 g/mol. The normalized spacial score (nSPS) is 12.9. The second kappa shape index (κ2) is 7.29. The van der Waals surface area contributed by atoms with E-state index in [1.54, 1.807) is 39.2 Å². The summed E-state index contributed by atoms with van der Waals surface area (Å²) in [6.45, 7) is 5.91. The van der Waals surface area contributed by atoms with Crippen molar-refractivity contribution in [3.05, 3.63) is 23.2 Å². The third-order valence-electron chi connectivity index (χ3n) is 2.46. The Morgan fingerprint density at radius 3 is 2.65 bits per heavy atom. The van der Waals surface area contributed by atoms with Gasteiger partial charge in [0.15, 0.2) is 0 Å². The molecule has 1 amide bonds. The van der Waals surface area contributed by atoms with Gasteiger partial charge in [-0.05, 0) is 39.0 Å². The minimum atomic E-state index is -0.637. The van der Waals surface area contributed by atoms with Crippen LogP contribution in [0.2, 0.25) is 5.02 Å². The van der Waals surface area contributed by atoms with E-state index in [1.807, 2.05) is 6.92 Å². The van der Waals surface area contributed by atoms with Gasteiger partial charge in [-0.25, -0.2) is 0 Å². The molecule has 1 N–H and O–H groups in total. The Morgan fingerprint density at radius 1 is 1.50 bits per heavy atom. The molecule has 0 heterocycles. The van der Waals surface area contributed by atoms with Crippen molar-refractivity contribution >= 4 is 39.1 Å². The molecule has 0 saturated carbocycles. The summed E-state index contributed by atoms with van der Waals surface area (Å²) in [5, 5.41) is 3.22. The van der Waals surface area contributed by atoms with E-state index in [0.29, 0.717) is 23.1 Å². The molecule has 0 aliphatic rings. The molecule has 1 atom stereocenters. The average Bonchev–Trinajstić information content (AvgIpc) is 2.31. The number of hydrogen-bond acceptors (Lipinski definition) is 3. The number of anilines is 1. The molecule has 0 spiro atoms. The molecule has 0 aliphatic carbocycles. The number of alkyl halides is 1. The van der Waals surface area contributed by atoms with E-state index in [4.69, 9.17) is 21.1 Å². The zero-order valence-corrected chi connectivity index (χ0v) is 14.3. The largest absolute Gasteiger partial charge is 0.487 e.